The number of nitrogens with zero attached hydrogens (tertiary/aromatic N) is 5. The zero-order valence-corrected chi connectivity index (χ0v) is 21.3. The van der Waals surface area contributed by atoms with Gasteiger partial charge in [-0.2, -0.15) is 4.98 Å². The van der Waals surface area contributed by atoms with Crippen LogP contribution in [0.25, 0.3) is 11.4 Å². The first-order valence-corrected chi connectivity index (χ1v) is 12.7. The molecule has 35 heavy (non-hydrogen) atoms. The number of piperidine rings is 1. The van der Waals surface area contributed by atoms with E-state index in [0.717, 1.165) is 44.6 Å². The lowest BCUT2D eigenvalue weighted by atomic mass is 9.97. The molecule has 2 aliphatic heterocycles. The number of carbonyl (C=O) groups excluding carboxylic acids is 2. The van der Waals surface area contributed by atoms with Gasteiger partial charge < -0.3 is 14.2 Å². The third-order valence-corrected chi connectivity index (χ3v) is 7.26. The van der Waals surface area contributed by atoms with Gasteiger partial charge in [-0.15, -0.1) is 0 Å². The van der Waals surface area contributed by atoms with Crippen molar-refractivity contribution in [3.8, 4) is 11.4 Å². The highest BCUT2D eigenvalue weighted by atomic mass is 16.5. The molecule has 0 bridgehead atoms. The van der Waals surface area contributed by atoms with Crippen molar-refractivity contribution in [2.45, 2.75) is 52.6 Å². The van der Waals surface area contributed by atoms with Gasteiger partial charge in [0.1, 0.15) is 0 Å². The van der Waals surface area contributed by atoms with Crippen LogP contribution in [0, 0.1) is 12.8 Å². The van der Waals surface area contributed by atoms with E-state index >= 15 is 0 Å². The molecule has 0 spiro atoms. The average molecular weight is 484 g/mol. The molecule has 2 aliphatic rings. The SMILES string of the molecule is CCOC(=O)C1CCCN(C(=O)C(C)N2CCN(C(C)c3nc(-c4ccc(C)cc4)no3)CC2)C1. The van der Waals surface area contributed by atoms with E-state index in [-0.39, 0.29) is 29.9 Å². The van der Waals surface area contributed by atoms with Crippen molar-refractivity contribution in [2.24, 2.45) is 5.92 Å². The van der Waals surface area contributed by atoms with Gasteiger partial charge >= 0.3 is 5.97 Å². The second kappa shape index (κ2) is 11.3. The minimum absolute atomic E-state index is 0.00212. The van der Waals surface area contributed by atoms with Crippen molar-refractivity contribution >= 4 is 11.9 Å². The first kappa shape index (κ1) is 25.3. The lowest BCUT2D eigenvalue weighted by Gasteiger charge is -2.41. The van der Waals surface area contributed by atoms with Crippen LogP contribution in [0.15, 0.2) is 28.8 Å². The van der Waals surface area contributed by atoms with Crippen molar-refractivity contribution in [3.05, 3.63) is 35.7 Å². The Morgan fingerprint density at radius 1 is 1.09 bits per heavy atom. The summed E-state index contributed by atoms with van der Waals surface area (Å²) in [5, 5.41) is 4.17. The Balaban J connectivity index is 1.30. The zero-order chi connectivity index (χ0) is 24.9. The summed E-state index contributed by atoms with van der Waals surface area (Å²) in [4.78, 5) is 36.4. The molecule has 2 fully saturated rings. The van der Waals surface area contributed by atoms with Crippen LogP contribution in [0.3, 0.4) is 0 Å². The molecule has 4 rings (SSSR count). The highest BCUT2D eigenvalue weighted by Gasteiger charge is 2.35. The van der Waals surface area contributed by atoms with Crippen LogP contribution in [-0.4, -0.2) is 88.6 Å². The van der Waals surface area contributed by atoms with E-state index in [1.54, 1.807) is 0 Å². The monoisotopic (exact) mass is 483 g/mol. The van der Waals surface area contributed by atoms with E-state index in [1.165, 1.54) is 5.56 Å². The van der Waals surface area contributed by atoms with E-state index in [1.807, 2.05) is 49.9 Å². The number of benzene rings is 1. The smallest absolute Gasteiger partial charge is 0.310 e. The third-order valence-electron chi connectivity index (χ3n) is 7.26. The Hall–Kier alpha value is -2.78. The molecular formula is C26H37N5O4. The predicted molar refractivity (Wildman–Crippen MR) is 131 cm³/mol. The van der Waals surface area contributed by atoms with Gasteiger partial charge in [0.05, 0.1) is 24.6 Å². The second-order valence-electron chi connectivity index (χ2n) is 9.62. The number of ether oxygens (including phenoxy) is 1. The number of hydrogen-bond donors (Lipinski definition) is 0. The van der Waals surface area contributed by atoms with Crippen molar-refractivity contribution in [1.82, 2.24) is 24.8 Å². The zero-order valence-electron chi connectivity index (χ0n) is 21.3. The molecule has 2 saturated heterocycles. The largest absolute Gasteiger partial charge is 0.466 e. The van der Waals surface area contributed by atoms with Gasteiger partial charge in [0, 0.05) is 44.8 Å². The quantitative estimate of drug-likeness (QED) is 0.555. The Morgan fingerprint density at radius 2 is 1.77 bits per heavy atom. The van der Waals surface area contributed by atoms with Crippen LogP contribution in [0.2, 0.25) is 0 Å². The average Bonchev–Trinajstić information content (AvgIpc) is 3.38. The summed E-state index contributed by atoms with van der Waals surface area (Å²) in [6.07, 6.45) is 1.62. The molecule has 1 aromatic heterocycles. The fourth-order valence-corrected chi connectivity index (χ4v) is 4.94. The molecule has 0 N–H and O–H groups in total. The van der Waals surface area contributed by atoms with Crippen LogP contribution in [0.5, 0.6) is 0 Å². The van der Waals surface area contributed by atoms with E-state index in [2.05, 4.69) is 26.9 Å². The molecule has 2 aromatic rings. The summed E-state index contributed by atoms with van der Waals surface area (Å²) in [6, 6.07) is 7.87. The fourth-order valence-electron chi connectivity index (χ4n) is 4.94. The maximum absolute atomic E-state index is 13.2. The van der Waals surface area contributed by atoms with Crippen LogP contribution >= 0.6 is 0 Å². The number of rotatable bonds is 7. The molecule has 3 unspecified atom stereocenters. The second-order valence-corrected chi connectivity index (χ2v) is 9.62. The molecular weight excluding hydrogens is 446 g/mol. The molecule has 190 valence electrons. The van der Waals surface area contributed by atoms with Crippen LogP contribution in [0.1, 0.15) is 51.1 Å². The molecule has 9 nitrogen and oxygen atoms in total. The van der Waals surface area contributed by atoms with Gasteiger partial charge in [0.25, 0.3) is 0 Å². The first-order chi connectivity index (χ1) is 16.9. The van der Waals surface area contributed by atoms with E-state index < -0.39 is 0 Å². The van der Waals surface area contributed by atoms with Crippen LogP contribution < -0.4 is 0 Å². The topological polar surface area (TPSA) is 92.0 Å². The lowest BCUT2D eigenvalue weighted by Crippen LogP contribution is -2.56. The van der Waals surface area contributed by atoms with Gasteiger partial charge in [-0.05, 0) is 40.5 Å². The summed E-state index contributed by atoms with van der Waals surface area (Å²) < 4.78 is 10.8. The van der Waals surface area contributed by atoms with Gasteiger partial charge in [0.15, 0.2) is 0 Å². The third kappa shape index (κ3) is 5.90. The highest BCUT2D eigenvalue weighted by molar-refractivity contribution is 5.82. The van der Waals surface area contributed by atoms with E-state index in [9.17, 15) is 9.59 Å². The normalized spacial score (nSPS) is 21.5. The fraction of sp³-hybridized carbons (Fsp3) is 0.615. The number of esters is 1. The number of carbonyl (C=O) groups is 2. The molecule has 0 radical (unpaired) electrons. The van der Waals surface area contributed by atoms with Crippen LogP contribution in [0.4, 0.5) is 0 Å². The Morgan fingerprint density at radius 3 is 2.46 bits per heavy atom. The first-order valence-electron chi connectivity index (χ1n) is 12.7. The van der Waals surface area contributed by atoms with E-state index in [0.29, 0.717) is 31.4 Å². The Bertz CT molecular complexity index is 999. The summed E-state index contributed by atoms with van der Waals surface area (Å²) in [5.74, 6) is 0.910. The van der Waals surface area contributed by atoms with Crippen molar-refractivity contribution < 1.29 is 18.8 Å². The number of piperazine rings is 1. The summed E-state index contributed by atoms with van der Waals surface area (Å²) in [7, 11) is 0. The molecule has 3 heterocycles. The minimum Gasteiger partial charge on any atom is -0.466 e. The lowest BCUT2D eigenvalue weighted by molar-refractivity contribution is -0.152. The Labute approximate surface area is 207 Å². The van der Waals surface area contributed by atoms with Gasteiger partial charge in [-0.3, -0.25) is 19.4 Å². The van der Waals surface area contributed by atoms with Gasteiger partial charge in [-0.25, -0.2) is 0 Å². The highest BCUT2D eigenvalue weighted by Crippen LogP contribution is 2.25. The molecule has 1 amide bonds. The number of amides is 1. The minimum atomic E-state index is -0.218. The summed E-state index contributed by atoms with van der Waals surface area (Å²) in [5.41, 5.74) is 2.13. The maximum Gasteiger partial charge on any atom is 0.310 e. The maximum atomic E-state index is 13.2. The number of hydrogen-bond acceptors (Lipinski definition) is 8. The van der Waals surface area contributed by atoms with Crippen molar-refractivity contribution in [2.75, 3.05) is 45.9 Å². The standard InChI is InChI=1S/C26H37N5O4/c1-5-34-26(33)22-7-6-12-31(17-22)25(32)20(4)30-15-13-29(14-16-30)19(3)24-27-23(28-35-24)21-10-8-18(2)9-11-21/h8-11,19-20,22H,5-7,12-17H2,1-4H3. The molecule has 0 saturated carbocycles. The summed E-state index contributed by atoms with van der Waals surface area (Å²) in [6.45, 7) is 12.6. The van der Waals surface area contributed by atoms with Crippen molar-refractivity contribution in [1.29, 1.82) is 0 Å². The molecule has 9 heteroatoms. The molecule has 3 atom stereocenters. The molecule has 1 aromatic carbocycles. The van der Waals surface area contributed by atoms with E-state index in [4.69, 9.17) is 9.26 Å². The number of likely N-dealkylation sites (tertiary alicyclic amines) is 1. The Kier molecular flexibility index (Phi) is 8.18. The van der Waals surface area contributed by atoms with Crippen LogP contribution in [-0.2, 0) is 14.3 Å². The summed E-state index contributed by atoms with van der Waals surface area (Å²) >= 11 is 0. The molecule has 0 aliphatic carbocycles. The van der Waals surface area contributed by atoms with Gasteiger partial charge in [0.2, 0.25) is 17.6 Å². The predicted octanol–water partition coefficient (Wildman–Crippen LogP) is 2.91. The number of aryl methyl sites for hydroxylation is 1. The van der Waals surface area contributed by atoms with Crippen molar-refractivity contribution in [3.63, 3.8) is 0 Å². The number of aromatic nitrogens is 2. The van der Waals surface area contributed by atoms with Gasteiger partial charge in [-0.1, -0.05) is 35.0 Å².